The number of amides is 3. The van der Waals surface area contributed by atoms with Crippen molar-refractivity contribution in [3.63, 3.8) is 0 Å². The van der Waals surface area contributed by atoms with E-state index in [9.17, 15) is 32.0 Å². The van der Waals surface area contributed by atoms with Crippen molar-refractivity contribution in [2.24, 2.45) is 5.92 Å². The Morgan fingerprint density at radius 3 is 2.17 bits per heavy atom. The summed E-state index contributed by atoms with van der Waals surface area (Å²) in [7, 11) is -2.19. The molecule has 0 radical (unpaired) electrons. The number of ether oxygens (including phenoxy) is 5. The van der Waals surface area contributed by atoms with Crippen LogP contribution >= 0.6 is 11.3 Å². The van der Waals surface area contributed by atoms with E-state index >= 15 is 0 Å². The number of anilines is 2. The van der Waals surface area contributed by atoms with Crippen molar-refractivity contribution in [3.05, 3.63) is 81.4 Å². The topological polar surface area (TPSA) is 258 Å². The molecule has 0 unspecified atom stereocenters. The monoisotopic (exact) mass is 1090 g/mol. The molecule has 2 aliphatic heterocycles. The van der Waals surface area contributed by atoms with E-state index in [0.29, 0.717) is 91.8 Å². The fourth-order valence-electron chi connectivity index (χ4n) is 8.69. The van der Waals surface area contributed by atoms with Gasteiger partial charge >= 0.3 is 0 Å². The van der Waals surface area contributed by atoms with E-state index in [0.717, 1.165) is 17.7 Å². The summed E-state index contributed by atoms with van der Waals surface area (Å²) < 4.78 is 68.5. The Morgan fingerprint density at radius 1 is 0.882 bits per heavy atom. The first-order valence-corrected chi connectivity index (χ1v) is 27.8. The molecule has 5 aromatic rings. The number of halogens is 1. The second-order valence-corrected chi connectivity index (χ2v) is 23.2. The molecule has 2 aliphatic rings. The number of benzene rings is 2. The van der Waals surface area contributed by atoms with Crippen LogP contribution < -0.4 is 20.7 Å². The van der Waals surface area contributed by atoms with Gasteiger partial charge in [-0.2, -0.15) is 5.10 Å². The van der Waals surface area contributed by atoms with Crippen LogP contribution in [0.2, 0.25) is 0 Å². The van der Waals surface area contributed by atoms with Crippen molar-refractivity contribution in [2.75, 3.05) is 91.5 Å². The average molecular weight is 1090 g/mol. The van der Waals surface area contributed by atoms with E-state index in [1.807, 2.05) is 13.8 Å². The van der Waals surface area contributed by atoms with Crippen LogP contribution in [0.5, 0.6) is 5.75 Å². The molecule has 2 aromatic carbocycles. The number of aryl methyl sites for hydroxylation is 1. The maximum atomic E-state index is 14.4. The van der Waals surface area contributed by atoms with Gasteiger partial charge < -0.3 is 49.4 Å². The summed E-state index contributed by atoms with van der Waals surface area (Å²) in [4.78, 5) is 70.7. The number of carbonyl (C=O) groups excluding carboxylic acids is 4. The molecule has 0 spiro atoms. The maximum absolute atomic E-state index is 14.4. The number of ketones is 1. The third-order valence-corrected chi connectivity index (χ3v) is 17.0. The molecule has 4 N–H and O–H groups in total. The van der Waals surface area contributed by atoms with Gasteiger partial charge in [-0.3, -0.25) is 24.3 Å². The number of piperidine rings is 1. The van der Waals surface area contributed by atoms with Gasteiger partial charge in [0.2, 0.25) is 23.5 Å². The highest BCUT2D eigenvalue weighted by Gasteiger charge is 2.41. The van der Waals surface area contributed by atoms with Crippen LogP contribution in [0.15, 0.2) is 53.0 Å². The third-order valence-electron chi connectivity index (χ3n) is 13.5. The minimum Gasteiger partial charge on any atom is -0.490 e. The quantitative estimate of drug-likeness (QED) is 0.0407. The highest BCUT2D eigenvalue weighted by atomic mass is 32.2. The van der Waals surface area contributed by atoms with Gasteiger partial charge in [0.05, 0.1) is 68.6 Å². The lowest BCUT2D eigenvalue weighted by molar-refractivity contribution is -0.141. The summed E-state index contributed by atoms with van der Waals surface area (Å²) in [6.45, 7) is 13.4. The number of nitrogens with one attached hydrogen (secondary N) is 4. The van der Waals surface area contributed by atoms with Crippen LogP contribution in [0.1, 0.15) is 91.7 Å². The number of nitrogens with zero attached hydrogens (tertiary/aromatic N) is 6. The Hall–Kier alpha value is -6.02. The molecule has 412 valence electrons. The second-order valence-electron chi connectivity index (χ2n) is 19.7. The summed E-state index contributed by atoms with van der Waals surface area (Å²) in [6, 6.07) is 6.67. The predicted molar refractivity (Wildman–Crippen MR) is 282 cm³/mol. The van der Waals surface area contributed by atoms with E-state index in [1.165, 1.54) is 48.0 Å². The zero-order valence-electron chi connectivity index (χ0n) is 44.1. The van der Waals surface area contributed by atoms with Gasteiger partial charge in [0.1, 0.15) is 58.6 Å². The van der Waals surface area contributed by atoms with E-state index in [2.05, 4.69) is 41.1 Å². The summed E-state index contributed by atoms with van der Waals surface area (Å²) in [5.74, 6) is -0.595. The molecule has 2 saturated heterocycles. The van der Waals surface area contributed by atoms with Gasteiger partial charge in [-0.05, 0) is 111 Å². The Kier molecular flexibility index (Phi) is 20.0. The number of likely N-dealkylation sites (N-methyl/N-ethyl adjacent to an activating group) is 1. The van der Waals surface area contributed by atoms with Gasteiger partial charge in [0, 0.05) is 53.3 Å². The number of likely N-dealkylation sites (tertiary alicyclic amines) is 2. The second kappa shape index (κ2) is 26.4. The summed E-state index contributed by atoms with van der Waals surface area (Å²) >= 11 is 1.30. The van der Waals surface area contributed by atoms with Crippen molar-refractivity contribution in [3.8, 4) is 5.75 Å². The molecular weight excluding hydrogens is 1020 g/mol. The Morgan fingerprint density at radius 2 is 1.54 bits per heavy atom. The molecule has 21 nitrogen and oxygen atoms in total. The summed E-state index contributed by atoms with van der Waals surface area (Å²) in [6.07, 6.45) is 3.74. The van der Waals surface area contributed by atoms with Gasteiger partial charge in [-0.1, -0.05) is 0 Å². The molecular formula is C52H69FN10O11S2. The zero-order chi connectivity index (χ0) is 54.6. The Balaban J connectivity index is 0.786. The maximum Gasteiger partial charge on any atom is 0.248 e. The number of H-pyrrole nitrogens is 1. The minimum absolute atomic E-state index is 0.0142. The molecule has 76 heavy (non-hydrogen) atoms. The lowest BCUT2D eigenvalue weighted by Gasteiger charge is -2.38. The third kappa shape index (κ3) is 14.3. The fraction of sp³-hybridized carbons (Fsp3) is 0.538. The standard InChI is InChI=1S/C52H69FN10O11S2/c1-32-33(2)60-61-47(32)59-48-38-27-43(76(68,69)52(4,5)6)42(28-39(38)55-31-56-48)74-26-25-72-22-21-70-19-20-71-23-24-73-29-44(64)62-17-14-35(15-18-62)45(58-49(66)34(3)54-7)51(67)63-16-8-9-41(63)50-57-40(30-75-50)46(65)36-10-12-37(53)13-11-36/h10-13,27-28,30-31,34-35,41,45,54H,8-9,14-26,29H2,1-7H3,(H,58,66)(H2,55,56,59,60,61)/t34-,41-,45-/m0/s1. The fourth-order valence-corrected chi connectivity index (χ4v) is 10.9. The molecule has 0 bridgehead atoms. The first kappa shape index (κ1) is 57.7. The Bertz CT molecular complexity index is 2910. The van der Waals surface area contributed by atoms with Crippen LogP contribution in [0.25, 0.3) is 10.9 Å². The van der Waals surface area contributed by atoms with Crippen LogP contribution in [-0.4, -0.2) is 170 Å². The molecule has 0 saturated carbocycles. The molecule has 5 heterocycles. The van der Waals surface area contributed by atoms with Crippen LogP contribution in [-0.2, 0) is 43.2 Å². The lowest BCUT2D eigenvalue weighted by Crippen LogP contribution is -2.57. The highest BCUT2D eigenvalue weighted by molar-refractivity contribution is 7.92. The van der Waals surface area contributed by atoms with Crippen molar-refractivity contribution < 1.29 is 55.7 Å². The number of hydrogen-bond donors (Lipinski definition) is 4. The highest BCUT2D eigenvalue weighted by Crippen LogP contribution is 2.38. The number of hydrogen-bond acceptors (Lipinski definition) is 18. The van der Waals surface area contributed by atoms with Crippen LogP contribution in [0, 0.1) is 25.6 Å². The van der Waals surface area contributed by atoms with E-state index < -0.39 is 32.5 Å². The number of rotatable bonds is 26. The SMILES string of the molecule is CN[C@@H](C)C(=O)N[C@H](C(=O)N1CCC[C@H]1c1nc(C(=O)c2ccc(F)cc2)cs1)C1CCN(C(=O)COCCOCCOCCOCCOc2cc3ncnc(Nc4n[nH]c(C)c4C)c3cc2S(=O)(=O)C(C)(C)C)CC1. The molecule has 24 heteroatoms. The number of sulfone groups is 1. The van der Waals surface area contributed by atoms with E-state index in [1.54, 1.807) is 56.0 Å². The molecule has 2 fully saturated rings. The normalized spacial score (nSPS) is 16.2. The number of fused-ring (bicyclic) bond motifs is 1. The van der Waals surface area contributed by atoms with Crippen LogP contribution in [0.3, 0.4) is 0 Å². The minimum atomic E-state index is -3.86. The number of thiazole rings is 1. The largest absolute Gasteiger partial charge is 0.490 e. The van der Waals surface area contributed by atoms with Crippen molar-refractivity contribution in [1.82, 2.24) is 45.6 Å². The van der Waals surface area contributed by atoms with Crippen molar-refractivity contribution in [1.29, 1.82) is 0 Å². The number of aromatic amines is 1. The summed E-state index contributed by atoms with van der Waals surface area (Å²) in [5.41, 5.74) is 2.82. The van der Waals surface area contributed by atoms with Gasteiger partial charge in [-0.25, -0.2) is 27.8 Å². The van der Waals surface area contributed by atoms with E-state index in [4.69, 9.17) is 23.7 Å². The van der Waals surface area contributed by atoms with Gasteiger partial charge in [0.25, 0.3) is 0 Å². The van der Waals surface area contributed by atoms with Gasteiger partial charge in [0.15, 0.2) is 15.7 Å². The first-order valence-electron chi connectivity index (χ1n) is 25.4. The van der Waals surface area contributed by atoms with Crippen LogP contribution in [0.4, 0.5) is 16.0 Å². The predicted octanol–water partition coefficient (Wildman–Crippen LogP) is 5.25. The average Bonchev–Trinajstić information content (AvgIpc) is 4.18. The number of aromatic nitrogens is 5. The van der Waals surface area contributed by atoms with Crippen molar-refractivity contribution >= 4 is 67.2 Å². The summed E-state index contributed by atoms with van der Waals surface area (Å²) in [5, 5.41) is 19.1. The van der Waals surface area contributed by atoms with Crippen molar-refractivity contribution in [2.45, 2.75) is 95.0 Å². The molecule has 3 atom stereocenters. The molecule has 3 aromatic heterocycles. The molecule has 0 aliphatic carbocycles. The smallest absolute Gasteiger partial charge is 0.248 e. The lowest BCUT2D eigenvalue weighted by atomic mass is 9.88. The Labute approximate surface area is 446 Å². The molecule has 3 amide bonds. The first-order chi connectivity index (χ1) is 36.4. The molecule has 7 rings (SSSR count). The van der Waals surface area contributed by atoms with Gasteiger partial charge in [-0.15, -0.1) is 11.3 Å². The number of carbonyl (C=O) groups is 4. The zero-order valence-corrected chi connectivity index (χ0v) is 45.7. The van der Waals surface area contributed by atoms with E-state index in [-0.39, 0.29) is 91.4 Å².